The van der Waals surface area contributed by atoms with E-state index < -0.39 is 17.7 Å². The number of ether oxygens (including phenoxy) is 1. The first-order valence-electron chi connectivity index (χ1n) is 5.55. The Kier molecular flexibility index (Phi) is 4.34. The molecule has 6 heteroatoms. The maximum Gasteiger partial charge on any atom is 0.411 e. The zero-order valence-electron chi connectivity index (χ0n) is 10.2. The van der Waals surface area contributed by atoms with Crippen molar-refractivity contribution >= 4 is 12.4 Å². The number of likely N-dealkylation sites (tertiary alicyclic amines) is 1. The van der Waals surface area contributed by atoms with Crippen LogP contribution in [0.1, 0.15) is 27.2 Å². The number of amides is 1. The summed E-state index contributed by atoms with van der Waals surface area (Å²) in [5.74, 6) is 0. The number of carbonyl (C=O) groups excluding carboxylic acids is 2. The molecular weight excluding hydrogens is 315 g/mol. The number of hydrogen-bond donors (Lipinski definition) is 0. The third kappa shape index (κ3) is 2.87. The fourth-order valence-electron chi connectivity index (χ4n) is 2.30. The zero-order chi connectivity index (χ0) is 11.9. The van der Waals surface area contributed by atoms with Gasteiger partial charge in [0.25, 0.3) is 0 Å². The van der Waals surface area contributed by atoms with Crippen molar-refractivity contribution in [2.45, 2.75) is 50.9 Å². The summed E-state index contributed by atoms with van der Waals surface area (Å²) in [5, 5.41) is 4.30. The van der Waals surface area contributed by atoms with E-state index in [1.807, 2.05) is 20.8 Å². The number of nitrogens with zero attached hydrogens (tertiary/aromatic N) is 2. The molecule has 2 fully saturated rings. The third-order valence-electron chi connectivity index (χ3n) is 2.92. The van der Waals surface area contributed by atoms with E-state index >= 15 is 0 Å². The van der Waals surface area contributed by atoms with E-state index in [4.69, 9.17) is 4.74 Å². The molecule has 0 aromatic carbocycles. The molecule has 0 radical (unpaired) electrons. The van der Waals surface area contributed by atoms with Crippen LogP contribution in [0.4, 0.5) is 4.79 Å². The van der Waals surface area contributed by atoms with Gasteiger partial charge in [-0.1, -0.05) is 0 Å². The fraction of sp³-hybridized carbons (Fsp3) is 0.818. The van der Waals surface area contributed by atoms with Crippen LogP contribution >= 0.6 is 0 Å². The maximum absolute atomic E-state index is 11.9. The smallest absolute Gasteiger partial charge is 0.411 e. The second-order valence-corrected chi connectivity index (χ2v) is 5.34. The summed E-state index contributed by atoms with van der Waals surface area (Å²) in [4.78, 5) is 24.4. The Balaban J connectivity index is 0.00000144. The molecule has 0 aromatic rings. The minimum Gasteiger partial charge on any atom is -0.656 e. The quantitative estimate of drug-likeness (QED) is 0.538. The van der Waals surface area contributed by atoms with E-state index in [-0.39, 0.29) is 32.5 Å². The molecule has 17 heavy (non-hydrogen) atoms. The van der Waals surface area contributed by atoms with Crippen LogP contribution in [0.25, 0.3) is 5.32 Å². The van der Waals surface area contributed by atoms with Crippen LogP contribution in [0.3, 0.4) is 0 Å². The first-order chi connectivity index (χ1) is 7.42. The van der Waals surface area contributed by atoms with Gasteiger partial charge in [0.15, 0.2) is 0 Å². The molecule has 0 aliphatic carbocycles. The van der Waals surface area contributed by atoms with E-state index in [0.717, 1.165) is 12.7 Å². The van der Waals surface area contributed by atoms with E-state index in [0.29, 0.717) is 6.54 Å². The first-order valence-corrected chi connectivity index (χ1v) is 5.55. The standard InChI is InChI=1S/C11H17N2O3.Pd/c1-11(2,3)16-10(15)13-7-4-8(12-5-7)9(13)6-14;/h6-9H,4-5H2,1-3H3;/q-1;. The molecule has 2 bridgehead atoms. The third-order valence-corrected chi connectivity index (χ3v) is 2.92. The van der Waals surface area contributed by atoms with E-state index in [9.17, 15) is 9.59 Å². The average molecular weight is 332 g/mol. The van der Waals surface area contributed by atoms with Crippen molar-refractivity contribution in [1.82, 2.24) is 4.90 Å². The van der Waals surface area contributed by atoms with Crippen LogP contribution < -0.4 is 0 Å². The number of rotatable bonds is 1. The topological polar surface area (TPSA) is 60.7 Å². The van der Waals surface area contributed by atoms with Crippen LogP contribution in [-0.4, -0.2) is 47.6 Å². The molecule has 0 saturated carbocycles. The van der Waals surface area contributed by atoms with Crippen molar-refractivity contribution in [2.75, 3.05) is 6.54 Å². The van der Waals surface area contributed by atoms with Crippen LogP contribution in [0.2, 0.25) is 0 Å². The summed E-state index contributed by atoms with van der Waals surface area (Å²) < 4.78 is 5.29. The molecule has 1 amide bonds. The van der Waals surface area contributed by atoms with Crippen molar-refractivity contribution in [1.29, 1.82) is 0 Å². The Labute approximate surface area is 115 Å². The van der Waals surface area contributed by atoms with E-state index in [1.54, 1.807) is 4.90 Å². The van der Waals surface area contributed by atoms with E-state index in [1.165, 1.54) is 0 Å². The Bertz CT molecular complexity index is 316. The maximum atomic E-state index is 11.9. The van der Waals surface area contributed by atoms with Gasteiger partial charge in [0, 0.05) is 26.5 Å². The molecule has 2 saturated heterocycles. The number of carbonyl (C=O) groups is 2. The second-order valence-electron chi connectivity index (χ2n) is 5.34. The Hall–Kier alpha value is -0.438. The molecule has 100 valence electrons. The molecule has 2 aliphatic heterocycles. The van der Waals surface area contributed by atoms with Gasteiger partial charge in [0.2, 0.25) is 0 Å². The summed E-state index contributed by atoms with van der Waals surface area (Å²) in [6.45, 7) is 6.09. The monoisotopic (exact) mass is 331 g/mol. The average Bonchev–Trinajstić information content (AvgIpc) is 2.72. The van der Waals surface area contributed by atoms with Gasteiger partial charge in [0.1, 0.15) is 11.9 Å². The van der Waals surface area contributed by atoms with Crippen LogP contribution in [0.15, 0.2) is 0 Å². The van der Waals surface area contributed by atoms with Crippen molar-refractivity contribution in [2.24, 2.45) is 0 Å². The predicted octanol–water partition coefficient (Wildman–Crippen LogP) is 1.32. The number of fused-ring (bicyclic) bond motifs is 2. The normalized spacial score (nSPS) is 31.0. The second kappa shape index (κ2) is 5.05. The Morgan fingerprint density at radius 3 is 2.65 bits per heavy atom. The minimum atomic E-state index is -0.524. The van der Waals surface area contributed by atoms with Crippen LogP contribution in [0, 0.1) is 0 Å². The van der Waals surface area contributed by atoms with Gasteiger partial charge in [-0.3, -0.25) is 4.90 Å². The summed E-state index contributed by atoms with van der Waals surface area (Å²) >= 11 is 0. The van der Waals surface area contributed by atoms with Crippen molar-refractivity contribution in [3.05, 3.63) is 5.32 Å². The summed E-state index contributed by atoms with van der Waals surface area (Å²) in [5.41, 5.74) is -0.524. The first kappa shape index (κ1) is 14.6. The molecule has 2 rings (SSSR count). The molecule has 0 spiro atoms. The number of piperazine rings is 1. The molecule has 5 nitrogen and oxygen atoms in total. The molecule has 0 aromatic heterocycles. The summed E-state index contributed by atoms with van der Waals surface area (Å²) in [6, 6.07) is -0.390. The Morgan fingerprint density at radius 1 is 1.47 bits per heavy atom. The van der Waals surface area contributed by atoms with E-state index in [2.05, 4.69) is 5.32 Å². The van der Waals surface area contributed by atoms with Gasteiger partial charge in [-0.25, -0.2) is 4.79 Å². The minimum absolute atomic E-state index is 0. The molecule has 3 atom stereocenters. The van der Waals surface area contributed by atoms with Crippen LogP contribution in [-0.2, 0) is 30.0 Å². The van der Waals surface area contributed by atoms with Crippen molar-refractivity contribution in [3.8, 4) is 0 Å². The summed E-state index contributed by atoms with van der Waals surface area (Å²) in [6.07, 6.45) is 1.20. The SMILES string of the molecule is CC(C)(C)OC(=O)N1C2C[N-]C(C2)C1C=O.[Pd]. The van der Waals surface area contributed by atoms with Gasteiger partial charge in [-0.15, -0.1) is 12.6 Å². The van der Waals surface area contributed by atoms with Gasteiger partial charge in [0.05, 0.1) is 6.04 Å². The predicted molar refractivity (Wildman–Crippen MR) is 58.3 cm³/mol. The Morgan fingerprint density at radius 2 is 2.12 bits per heavy atom. The van der Waals surface area contributed by atoms with Gasteiger partial charge in [-0.05, 0) is 27.2 Å². The van der Waals surface area contributed by atoms with Crippen molar-refractivity contribution in [3.63, 3.8) is 0 Å². The number of aldehydes is 1. The molecule has 0 N–H and O–H groups in total. The van der Waals surface area contributed by atoms with Gasteiger partial charge in [-0.2, -0.15) is 0 Å². The molecule has 3 unspecified atom stereocenters. The zero-order valence-corrected chi connectivity index (χ0v) is 11.7. The van der Waals surface area contributed by atoms with Crippen molar-refractivity contribution < 1.29 is 34.7 Å². The largest absolute Gasteiger partial charge is 0.656 e. The molecule has 2 heterocycles. The number of hydrogen-bond acceptors (Lipinski definition) is 3. The fourth-order valence-corrected chi connectivity index (χ4v) is 2.30. The van der Waals surface area contributed by atoms with Gasteiger partial charge < -0.3 is 14.8 Å². The molecule has 2 aliphatic rings. The van der Waals surface area contributed by atoms with Crippen LogP contribution in [0.5, 0.6) is 0 Å². The molecular formula is C11H17N2O3Pd-. The summed E-state index contributed by atoms with van der Waals surface area (Å²) in [7, 11) is 0. The van der Waals surface area contributed by atoms with Gasteiger partial charge >= 0.3 is 6.09 Å².